The maximum atomic E-state index is 4.82. The number of nitrogens with one attached hydrogen (secondary N) is 1. The molecule has 25 heavy (non-hydrogen) atoms. The average Bonchev–Trinajstić information content (AvgIpc) is 2.97. The summed E-state index contributed by atoms with van der Waals surface area (Å²) in [6, 6.07) is 19.2. The molecule has 130 valence electrons. The Morgan fingerprint density at radius 3 is 2.32 bits per heavy atom. The molecule has 1 aromatic heterocycles. The topological polar surface area (TPSA) is 28.7 Å². The summed E-state index contributed by atoms with van der Waals surface area (Å²) in [7, 11) is 0. The maximum Gasteiger partial charge on any atom is 0.106 e. The van der Waals surface area contributed by atoms with Gasteiger partial charge in [0, 0.05) is 23.0 Å². The molecule has 0 bridgehead atoms. The number of aromatic nitrogens is 2. The van der Waals surface area contributed by atoms with Crippen LogP contribution in [0, 0.1) is 6.92 Å². The van der Waals surface area contributed by atoms with E-state index in [-0.39, 0.29) is 0 Å². The molecule has 0 aliphatic carbocycles. The molecule has 1 N–H and O–H groups in total. The molecule has 3 rings (SSSR count). The van der Waals surface area contributed by atoms with E-state index < -0.39 is 0 Å². The quantitative estimate of drug-likeness (QED) is 0.462. The normalized spacial score (nSPS) is 11.0. The first-order valence-corrected chi connectivity index (χ1v) is 9.83. The molecule has 0 amide bonds. The van der Waals surface area contributed by atoms with Gasteiger partial charge < -0.3 is 4.98 Å². The van der Waals surface area contributed by atoms with Gasteiger partial charge in [-0.3, -0.25) is 0 Å². The number of aryl methyl sites for hydroxylation is 3. The van der Waals surface area contributed by atoms with E-state index in [0.717, 1.165) is 23.1 Å². The minimum absolute atomic E-state index is 0.892. The number of nitrogens with zero attached hydrogens (tertiary/aromatic N) is 1. The molecule has 0 spiro atoms. The van der Waals surface area contributed by atoms with Crippen molar-refractivity contribution in [1.29, 1.82) is 0 Å². The van der Waals surface area contributed by atoms with E-state index in [9.17, 15) is 0 Å². The molecular formula is C22H25BrN2. The predicted molar refractivity (Wildman–Crippen MR) is 108 cm³/mol. The van der Waals surface area contributed by atoms with Gasteiger partial charge in [0.25, 0.3) is 0 Å². The molecule has 0 aliphatic heterocycles. The molecule has 0 radical (unpaired) electrons. The number of benzene rings is 2. The summed E-state index contributed by atoms with van der Waals surface area (Å²) in [6.45, 7) is 2.13. The molecule has 3 aromatic rings. The van der Waals surface area contributed by atoms with Crippen molar-refractivity contribution in [3.05, 3.63) is 87.4 Å². The minimum Gasteiger partial charge on any atom is -0.346 e. The Hall–Kier alpha value is -1.87. The van der Waals surface area contributed by atoms with Crippen LogP contribution in [0.4, 0.5) is 0 Å². The molecular weight excluding hydrogens is 372 g/mol. The van der Waals surface area contributed by atoms with Crippen LogP contribution in [0.2, 0.25) is 0 Å². The first-order valence-electron chi connectivity index (χ1n) is 9.03. The second-order valence-electron chi connectivity index (χ2n) is 6.60. The largest absolute Gasteiger partial charge is 0.346 e. The monoisotopic (exact) mass is 396 g/mol. The second-order valence-corrected chi connectivity index (χ2v) is 7.52. The Morgan fingerprint density at radius 1 is 0.840 bits per heavy atom. The molecule has 0 unspecified atom stereocenters. The Morgan fingerprint density at radius 2 is 1.56 bits per heavy atom. The first-order chi connectivity index (χ1) is 12.2. The molecule has 0 fully saturated rings. The van der Waals surface area contributed by atoms with Crippen LogP contribution >= 0.6 is 15.9 Å². The summed E-state index contributed by atoms with van der Waals surface area (Å²) >= 11 is 3.48. The van der Waals surface area contributed by atoms with Crippen molar-refractivity contribution in [2.45, 2.75) is 45.4 Å². The van der Waals surface area contributed by atoms with Crippen LogP contribution in [0.1, 0.15) is 47.6 Å². The smallest absolute Gasteiger partial charge is 0.106 e. The van der Waals surface area contributed by atoms with Gasteiger partial charge in [-0.25, -0.2) is 4.98 Å². The van der Waals surface area contributed by atoms with Gasteiger partial charge in [-0.2, -0.15) is 0 Å². The Balaban J connectivity index is 1.45. The average molecular weight is 397 g/mol. The third-order valence-corrected chi connectivity index (χ3v) is 5.07. The number of unbranched alkanes of at least 4 members (excludes halogenated alkanes) is 2. The number of H-pyrrole nitrogens is 1. The van der Waals surface area contributed by atoms with Crippen LogP contribution in [-0.4, -0.2) is 9.97 Å². The Kier molecular flexibility index (Phi) is 6.46. The highest BCUT2D eigenvalue weighted by atomic mass is 79.9. The lowest BCUT2D eigenvalue weighted by Gasteiger charge is -2.01. The van der Waals surface area contributed by atoms with Crippen molar-refractivity contribution < 1.29 is 0 Å². The van der Waals surface area contributed by atoms with E-state index in [1.807, 2.05) is 0 Å². The van der Waals surface area contributed by atoms with E-state index >= 15 is 0 Å². The van der Waals surface area contributed by atoms with Gasteiger partial charge in [0.15, 0.2) is 0 Å². The minimum atomic E-state index is 0.892. The highest BCUT2D eigenvalue weighted by Gasteiger charge is 2.07. The standard InChI is InChI=1S/C22H25BrN2/c1-17-21(16-19-12-14-20(23)15-13-19)25-22(24-17)11-7-3-6-10-18-8-4-2-5-9-18/h2,4-5,8-9,12-15H,3,6-7,10-11,16H2,1H3,(H,24,25). The molecule has 0 atom stereocenters. The van der Waals surface area contributed by atoms with Crippen LogP contribution in [-0.2, 0) is 19.3 Å². The molecule has 2 nitrogen and oxygen atoms in total. The number of rotatable bonds is 8. The van der Waals surface area contributed by atoms with Crippen molar-refractivity contribution >= 4 is 15.9 Å². The van der Waals surface area contributed by atoms with Gasteiger partial charge in [-0.15, -0.1) is 0 Å². The molecule has 0 aliphatic rings. The lowest BCUT2D eigenvalue weighted by atomic mass is 10.1. The van der Waals surface area contributed by atoms with E-state index in [0.29, 0.717) is 0 Å². The van der Waals surface area contributed by atoms with Crippen molar-refractivity contribution in [1.82, 2.24) is 9.97 Å². The van der Waals surface area contributed by atoms with Gasteiger partial charge >= 0.3 is 0 Å². The Bertz CT molecular complexity index is 776. The van der Waals surface area contributed by atoms with Gasteiger partial charge in [-0.1, -0.05) is 64.8 Å². The number of halogens is 1. The Labute approximate surface area is 158 Å². The lowest BCUT2D eigenvalue weighted by Crippen LogP contribution is -1.92. The second kappa shape index (κ2) is 9.00. The molecule has 2 aromatic carbocycles. The molecule has 1 heterocycles. The first kappa shape index (κ1) is 17.9. The fourth-order valence-corrected chi connectivity index (χ4v) is 3.36. The fourth-order valence-electron chi connectivity index (χ4n) is 3.09. The summed E-state index contributed by atoms with van der Waals surface area (Å²) in [5.41, 5.74) is 5.10. The third-order valence-electron chi connectivity index (χ3n) is 4.54. The van der Waals surface area contributed by atoms with Crippen LogP contribution in [0.3, 0.4) is 0 Å². The summed E-state index contributed by atoms with van der Waals surface area (Å²) in [4.78, 5) is 8.28. The summed E-state index contributed by atoms with van der Waals surface area (Å²) in [6.07, 6.45) is 6.79. The number of hydrogen-bond donors (Lipinski definition) is 1. The van der Waals surface area contributed by atoms with Gasteiger partial charge in [0.05, 0.1) is 5.69 Å². The highest BCUT2D eigenvalue weighted by Crippen LogP contribution is 2.16. The fraction of sp³-hybridized carbons (Fsp3) is 0.318. The maximum absolute atomic E-state index is 4.82. The zero-order valence-electron chi connectivity index (χ0n) is 14.8. The van der Waals surface area contributed by atoms with Crippen molar-refractivity contribution in [3.8, 4) is 0 Å². The van der Waals surface area contributed by atoms with Gasteiger partial charge in [0.2, 0.25) is 0 Å². The van der Waals surface area contributed by atoms with Crippen molar-refractivity contribution in [2.24, 2.45) is 0 Å². The van der Waals surface area contributed by atoms with E-state index in [1.54, 1.807) is 0 Å². The van der Waals surface area contributed by atoms with Crippen LogP contribution < -0.4 is 0 Å². The predicted octanol–water partition coefficient (Wildman–Crippen LogP) is 6.03. The zero-order chi connectivity index (χ0) is 17.5. The summed E-state index contributed by atoms with van der Waals surface area (Å²) in [5.74, 6) is 1.13. The molecule has 0 saturated heterocycles. The van der Waals surface area contributed by atoms with Crippen molar-refractivity contribution in [3.63, 3.8) is 0 Å². The van der Waals surface area contributed by atoms with E-state index in [2.05, 4.69) is 82.4 Å². The molecule has 3 heteroatoms. The zero-order valence-corrected chi connectivity index (χ0v) is 16.3. The highest BCUT2D eigenvalue weighted by molar-refractivity contribution is 9.10. The SMILES string of the molecule is Cc1[nH]c(CCCCCc2ccccc2)nc1Cc1ccc(Br)cc1. The van der Waals surface area contributed by atoms with Gasteiger partial charge in [0.1, 0.15) is 5.82 Å². The summed E-state index contributed by atoms with van der Waals surface area (Å²) < 4.78 is 1.12. The number of hydrogen-bond acceptors (Lipinski definition) is 1. The number of imidazole rings is 1. The van der Waals surface area contributed by atoms with E-state index in [4.69, 9.17) is 4.98 Å². The van der Waals surface area contributed by atoms with Crippen molar-refractivity contribution in [2.75, 3.05) is 0 Å². The van der Waals surface area contributed by atoms with Crippen LogP contribution in [0.5, 0.6) is 0 Å². The third kappa shape index (κ3) is 5.57. The number of aromatic amines is 1. The molecule has 0 saturated carbocycles. The summed E-state index contributed by atoms with van der Waals surface area (Å²) in [5, 5.41) is 0. The van der Waals surface area contributed by atoms with Crippen LogP contribution in [0.15, 0.2) is 59.1 Å². The van der Waals surface area contributed by atoms with Crippen LogP contribution in [0.25, 0.3) is 0 Å². The lowest BCUT2D eigenvalue weighted by molar-refractivity contribution is 0.664. The van der Waals surface area contributed by atoms with Gasteiger partial charge in [-0.05, 0) is 49.4 Å². The van der Waals surface area contributed by atoms with E-state index in [1.165, 1.54) is 48.2 Å².